The molecule has 1 heterocycles. The zero-order valence-electron chi connectivity index (χ0n) is 11.7. The number of aromatic nitrogens is 2. The second-order valence-electron chi connectivity index (χ2n) is 4.49. The molecular weight excluding hydrogens is 313 g/mol. The highest BCUT2D eigenvalue weighted by Gasteiger charge is 2.13. The van der Waals surface area contributed by atoms with Crippen molar-refractivity contribution in [2.75, 3.05) is 11.6 Å². The van der Waals surface area contributed by atoms with Crippen molar-refractivity contribution in [2.24, 2.45) is 0 Å². The molecule has 1 aromatic heterocycles. The van der Waals surface area contributed by atoms with Gasteiger partial charge in [0.15, 0.2) is 5.82 Å². The van der Waals surface area contributed by atoms with Crippen LogP contribution in [-0.4, -0.2) is 22.3 Å². The summed E-state index contributed by atoms with van der Waals surface area (Å²) in [6, 6.07) is 3.91. The molecule has 0 fully saturated rings. The van der Waals surface area contributed by atoms with E-state index in [4.69, 9.17) is 23.2 Å². The van der Waals surface area contributed by atoms with Crippen LogP contribution in [0.2, 0.25) is 10.0 Å². The minimum absolute atomic E-state index is 0.399. The van der Waals surface area contributed by atoms with Gasteiger partial charge < -0.3 is 5.32 Å². The highest BCUT2D eigenvalue weighted by atomic mass is 35.5. The fraction of sp³-hybridized carbons (Fsp3) is 0.429. The molecule has 0 aliphatic rings. The molecule has 1 aromatic carbocycles. The normalized spacial score (nSPS) is 11.3. The van der Waals surface area contributed by atoms with Gasteiger partial charge in [0.2, 0.25) is 0 Å². The van der Waals surface area contributed by atoms with Gasteiger partial charge in [0.25, 0.3) is 0 Å². The van der Waals surface area contributed by atoms with Gasteiger partial charge in [-0.3, -0.25) is 0 Å². The van der Waals surface area contributed by atoms with Crippen LogP contribution in [0.5, 0.6) is 0 Å². The minimum atomic E-state index is 0.399. The number of benzene rings is 1. The number of halogens is 2. The summed E-state index contributed by atoms with van der Waals surface area (Å²) in [5.74, 6) is 0.817. The molecule has 6 heteroatoms. The molecule has 0 saturated heterocycles. The molecule has 2 rings (SSSR count). The van der Waals surface area contributed by atoms with Crippen molar-refractivity contribution in [1.82, 2.24) is 9.97 Å². The third-order valence-electron chi connectivity index (χ3n) is 3.19. The SMILES string of the molecule is CCC(CC)Nc1nc2cc(Cl)c(Cl)cc2nc1SC. The van der Waals surface area contributed by atoms with E-state index >= 15 is 0 Å². The highest BCUT2D eigenvalue weighted by Crippen LogP contribution is 2.30. The van der Waals surface area contributed by atoms with E-state index in [1.807, 2.05) is 6.26 Å². The molecule has 2 aromatic rings. The van der Waals surface area contributed by atoms with E-state index in [-0.39, 0.29) is 0 Å². The van der Waals surface area contributed by atoms with E-state index < -0.39 is 0 Å². The van der Waals surface area contributed by atoms with Crippen molar-refractivity contribution >= 4 is 51.8 Å². The van der Waals surface area contributed by atoms with Crippen LogP contribution in [-0.2, 0) is 0 Å². The maximum Gasteiger partial charge on any atom is 0.159 e. The van der Waals surface area contributed by atoms with Crippen molar-refractivity contribution in [3.63, 3.8) is 0 Å². The molecule has 108 valence electrons. The Morgan fingerprint density at radius 3 is 2.15 bits per heavy atom. The molecule has 0 atom stereocenters. The lowest BCUT2D eigenvalue weighted by atomic mass is 10.2. The Bertz CT molecular complexity index is 615. The Morgan fingerprint density at radius 1 is 1.10 bits per heavy atom. The first-order valence-electron chi connectivity index (χ1n) is 6.56. The lowest BCUT2D eigenvalue weighted by Gasteiger charge is -2.17. The fourth-order valence-corrected chi connectivity index (χ4v) is 2.76. The number of thioether (sulfide) groups is 1. The maximum absolute atomic E-state index is 6.05. The van der Waals surface area contributed by atoms with Crippen molar-refractivity contribution in [3.8, 4) is 0 Å². The van der Waals surface area contributed by atoms with Gasteiger partial charge >= 0.3 is 0 Å². The topological polar surface area (TPSA) is 37.8 Å². The average Bonchev–Trinajstić information content (AvgIpc) is 2.45. The van der Waals surface area contributed by atoms with Gasteiger partial charge in [-0.15, -0.1) is 11.8 Å². The van der Waals surface area contributed by atoms with Crippen LogP contribution in [0.3, 0.4) is 0 Å². The standard InChI is InChI=1S/C14H17Cl2N3S/c1-4-8(5-2)17-13-14(20-3)19-12-7-10(16)9(15)6-11(12)18-13/h6-8H,4-5H2,1-3H3,(H,17,18). The van der Waals surface area contributed by atoms with Gasteiger partial charge in [-0.25, -0.2) is 9.97 Å². The molecule has 0 spiro atoms. The van der Waals surface area contributed by atoms with Crippen LogP contribution in [0.15, 0.2) is 17.2 Å². The molecule has 0 amide bonds. The summed E-state index contributed by atoms with van der Waals surface area (Å²) in [6.07, 6.45) is 4.09. The van der Waals surface area contributed by atoms with E-state index in [2.05, 4.69) is 29.1 Å². The zero-order valence-corrected chi connectivity index (χ0v) is 14.0. The van der Waals surface area contributed by atoms with E-state index in [0.717, 1.165) is 34.7 Å². The molecule has 0 aliphatic heterocycles. The zero-order chi connectivity index (χ0) is 14.7. The molecule has 20 heavy (non-hydrogen) atoms. The van der Waals surface area contributed by atoms with Crippen LogP contribution >= 0.6 is 35.0 Å². The Morgan fingerprint density at radius 2 is 1.65 bits per heavy atom. The van der Waals surface area contributed by atoms with E-state index in [1.165, 1.54) is 0 Å². The summed E-state index contributed by atoms with van der Waals surface area (Å²) >= 11 is 13.6. The molecular formula is C14H17Cl2N3S. The number of hydrogen-bond donors (Lipinski definition) is 1. The lowest BCUT2D eigenvalue weighted by Crippen LogP contribution is -2.18. The van der Waals surface area contributed by atoms with Crippen LogP contribution in [0.1, 0.15) is 26.7 Å². The molecule has 0 saturated carbocycles. The summed E-state index contributed by atoms with van der Waals surface area (Å²) < 4.78 is 0. The van der Waals surface area contributed by atoms with Gasteiger partial charge in [-0.2, -0.15) is 0 Å². The predicted molar refractivity (Wildman–Crippen MR) is 89.3 cm³/mol. The fourth-order valence-electron chi connectivity index (χ4n) is 1.96. The highest BCUT2D eigenvalue weighted by molar-refractivity contribution is 7.98. The Hall–Kier alpha value is -0.710. The third kappa shape index (κ3) is 3.30. The van der Waals surface area contributed by atoms with Crippen molar-refractivity contribution in [2.45, 2.75) is 37.8 Å². The average molecular weight is 330 g/mol. The van der Waals surface area contributed by atoms with Gasteiger partial charge in [0.05, 0.1) is 21.1 Å². The first kappa shape index (κ1) is 15.7. The van der Waals surface area contributed by atoms with Gasteiger partial charge in [-0.1, -0.05) is 37.0 Å². The molecule has 0 aliphatic carbocycles. The van der Waals surface area contributed by atoms with E-state index in [0.29, 0.717) is 16.1 Å². The first-order valence-corrected chi connectivity index (χ1v) is 8.54. The number of rotatable bonds is 5. The Balaban J connectivity index is 2.50. The van der Waals surface area contributed by atoms with Crippen LogP contribution in [0, 0.1) is 0 Å². The number of nitrogens with zero attached hydrogens (tertiary/aromatic N) is 2. The summed E-state index contributed by atoms with van der Waals surface area (Å²) in [6.45, 7) is 4.32. The monoisotopic (exact) mass is 329 g/mol. The summed E-state index contributed by atoms with van der Waals surface area (Å²) in [5.41, 5.74) is 1.52. The molecule has 0 bridgehead atoms. The van der Waals surface area contributed by atoms with Crippen LogP contribution < -0.4 is 5.32 Å². The summed E-state index contributed by atoms with van der Waals surface area (Å²) in [4.78, 5) is 9.26. The smallest absolute Gasteiger partial charge is 0.159 e. The van der Waals surface area contributed by atoms with Gasteiger partial charge in [0, 0.05) is 6.04 Å². The Labute approximate surface area is 133 Å². The molecule has 3 nitrogen and oxygen atoms in total. The third-order valence-corrected chi connectivity index (χ3v) is 4.59. The van der Waals surface area contributed by atoms with Gasteiger partial charge in [0.1, 0.15) is 5.03 Å². The first-order chi connectivity index (χ1) is 9.58. The summed E-state index contributed by atoms with van der Waals surface area (Å²) in [7, 11) is 0. The number of nitrogens with one attached hydrogen (secondary N) is 1. The van der Waals surface area contributed by atoms with Crippen LogP contribution in [0.4, 0.5) is 5.82 Å². The number of fused-ring (bicyclic) bond motifs is 1. The molecule has 1 N–H and O–H groups in total. The van der Waals surface area contributed by atoms with Crippen LogP contribution in [0.25, 0.3) is 11.0 Å². The molecule has 0 radical (unpaired) electrons. The Kier molecular flexibility index (Phi) is 5.35. The van der Waals surface area contributed by atoms with Gasteiger partial charge in [-0.05, 0) is 31.2 Å². The summed E-state index contributed by atoms with van der Waals surface area (Å²) in [5, 5.41) is 5.33. The number of hydrogen-bond acceptors (Lipinski definition) is 4. The van der Waals surface area contributed by atoms with E-state index in [9.17, 15) is 0 Å². The lowest BCUT2D eigenvalue weighted by molar-refractivity contribution is 0.665. The largest absolute Gasteiger partial charge is 0.365 e. The van der Waals surface area contributed by atoms with Crippen molar-refractivity contribution in [1.29, 1.82) is 0 Å². The van der Waals surface area contributed by atoms with Crippen molar-refractivity contribution < 1.29 is 0 Å². The quantitative estimate of drug-likeness (QED) is 0.759. The minimum Gasteiger partial charge on any atom is -0.365 e. The molecule has 0 unspecified atom stereocenters. The maximum atomic E-state index is 6.05. The second-order valence-corrected chi connectivity index (χ2v) is 6.10. The predicted octanol–water partition coefficient (Wildman–Crippen LogP) is 5.26. The number of anilines is 1. The van der Waals surface area contributed by atoms with Crippen molar-refractivity contribution in [3.05, 3.63) is 22.2 Å². The second kappa shape index (κ2) is 6.83. The van der Waals surface area contributed by atoms with E-state index in [1.54, 1.807) is 23.9 Å².